The molecule has 0 radical (unpaired) electrons. The summed E-state index contributed by atoms with van der Waals surface area (Å²) in [5, 5.41) is 23.7. The maximum atomic E-state index is 13.2. The van der Waals surface area contributed by atoms with E-state index in [0.717, 1.165) is 83.5 Å². The van der Waals surface area contributed by atoms with Crippen LogP contribution in [0, 0.1) is 0 Å². The van der Waals surface area contributed by atoms with E-state index in [4.69, 9.17) is 4.74 Å². The molecule has 6 heteroatoms. The van der Waals surface area contributed by atoms with Crippen molar-refractivity contribution in [3.63, 3.8) is 0 Å². The highest BCUT2D eigenvalue weighted by molar-refractivity contribution is 5.77. The lowest BCUT2D eigenvalue weighted by molar-refractivity contribution is -0.151. The first-order valence-corrected chi connectivity index (χ1v) is 25.9. The Bertz CT molecular complexity index is 1040. The SMILES string of the molecule is CCCCC/C=C\C/C=C\C/C=C\CCCCC(CC(=O)NC(CO)C(O)CCCCCCCCCCCCCCC)OC(=O)CCCCC/C=C\CCCCCCCC. The minimum Gasteiger partial charge on any atom is -0.462 e. The fourth-order valence-electron chi connectivity index (χ4n) is 7.67. The third kappa shape index (κ3) is 42.5. The van der Waals surface area contributed by atoms with Gasteiger partial charge in [-0.3, -0.25) is 9.59 Å². The zero-order valence-electron chi connectivity index (χ0n) is 39.8. The van der Waals surface area contributed by atoms with Gasteiger partial charge in [0.1, 0.15) is 6.10 Å². The van der Waals surface area contributed by atoms with Crippen LogP contribution in [-0.4, -0.2) is 46.9 Å². The number of hydrogen-bond donors (Lipinski definition) is 3. The first kappa shape index (κ1) is 57.8. The fourth-order valence-corrected chi connectivity index (χ4v) is 7.67. The van der Waals surface area contributed by atoms with Crippen molar-refractivity contribution in [2.45, 2.75) is 277 Å². The molecule has 0 aromatic carbocycles. The number of ether oxygens (including phenoxy) is 1. The topological polar surface area (TPSA) is 95.9 Å². The number of amides is 1. The van der Waals surface area contributed by atoms with E-state index in [1.54, 1.807) is 0 Å². The lowest BCUT2D eigenvalue weighted by atomic mass is 10.0. The summed E-state index contributed by atoms with van der Waals surface area (Å²) in [7, 11) is 0. The lowest BCUT2D eigenvalue weighted by Crippen LogP contribution is -2.46. The van der Waals surface area contributed by atoms with Gasteiger partial charge in [0, 0.05) is 6.42 Å². The van der Waals surface area contributed by atoms with Gasteiger partial charge >= 0.3 is 5.97 Å². The molecule has 0 saturated carbocycles. The molecule has 0 bridgehead atoms. The number of unbranched alkanes of at least 4 members (excludes halogenated alkanes) is 26. The fraction of sp³-hybridized carbons (Fsp3) is 0.815. The molecule has 3 unspecified atom stereocenters. The Morgan fingerprint density at radius 3 is 1.35 bits per heavy atom. The highest BCUT2D eigenvalue weighted by Gasteiger charge is 2.24. The predicted molar refractivity (Wildman–Crippen MR) is 259 cm³/mol. The molecular formula is C54H99NO5. The summed E-state index contributed by atoms with van der Waals surface area (Å²) in [4.78, 5) is 26.1. The average molecular weight is 842 g/mol. The van der Waals surface area contributed by atoms with Crippen LogP contribution in [0.2, 0.25) is 0 Å². The number of aliphatic hydroxyl groups is 2. The Morgan fingerprint density at radius 2 is 0.850 bits per heavy atom. The van der Waals surface area contributed by atoms with Gasteiger partial charge in [-0.2, -0.15) is 0 Å². The first-order chi connectivity index (χ1) is 29.5. The lowest BCUT2D eigenvalue weighted by Gasteiger charge is -2.24. The quantitative estimate of drug-likeness (QED) is 0.0322. The van der Waals surface area contributed by atoms with Crippen LogP contribution in [0.25, 0.3) is 0 Å². The molecule has 0 saturated heterocycles. The number of hydrogen-bond acceptors (Lipinski definition) is 5. The molecule has 6 nitrogen and oxygen atoms in total. The number of allylic oxidation sites excluding steroid dienone is 8. The van der Waals surface area contributed by atoms with Gasteiger partial charge in [0.2, 0.25) is 5.91 Å². The van der Waals surface area contributed by atoms with Crippen molar-refractivity contribution in [3.8, 4) is 0 Å². The summed E-state index contributed by atoms with van der Waals surface area (Å²) in [5.41, 5.74) is 0. The molecule has 0 fully saturated rings. The van der Waals surface area contributed by atoms with Crippen LogP contribution in [0.15, 0.2) is 48.6 Å². The van der Waals surface area contributed by atoms with E-state index >= 15 is 0 Å². The monoisotopic (exact) mass is 842 g/mol. The van der Waals surface area contributed by atoms with Crippen LogP contribution in [0.1, 0.15) is 258 Å². The summed E-state index contributed by atoms with van der Waals surface area (Å²) in [5.74, 6) is -0.526. The van der Waals surface area contributed by atoms with Gasteiger partial charge in [0.15, 0.2) is 0 Å². The smallest absolute Gasteiger partial charge is 0.306 e. The van der Waals surface area contributed by atoms with Gasteiger partial charge < -0.3 is 20.3 Å². The van der Waals surface area contributed by atoms with Crippen molar-refractivity contribution in [3.05, 3.63) is 48.6 Å². The van der Waals surface area contributed by atoms with Crippen LogP contribution in [0.5, 0.6) is 0 Å². The van der Waals surface area contributed by atoms with Gasteiger partial charge in [0.25, 0.3) is 0 Å². The highest BCUT2D eigenvalue weighted by Crippen LogP contribution is 2.17. The van der Waals surface area contributed by atoms with E-state index in [1.165, 1.54) is 128 Å². The first-order valence-electron chi connectivity index (χ1n) is 25.9. The maximum Gasteiger partial charge on any atom is 0.306 e. The van der Waals surface area contributed by atoms with Crippen molar-refractivity contribution in [2.75, 3.05) is 6.61 Å². The number of rotatable bonds is 46. The normalized spacial score (nSPS) is 13.6. The van der Waals surface area contributed by atoms with Crippen molar-refractivity contribution in [2.24, 2.45) is 0 Å². The van der Waals surface area contributed by atoms with Crippen molar-refractivity contribution < 1.29 is 24.5 Å². The molecule has 0 rings (SSSR count). The molecule has 0 heterocycles. The second-order valence-electron chi connectivity index (χ2n) is 17.6. The molecule has 1 amide bonds. The van der Waals surface area contributed by atoms with Crippen LogP contribution in [-0.2, 0) is 14.3 Å². The van der Waals surface area contributed by atoms with Gasteiger partial charge in [-0.05, 0) is 89.9 Å². The zero-order chi connectivity index (χ0) is 43.8. The minimum atomic E-state index is -0.799. The van der Waals surface area contributed by atoms with Crippen LogP contribution in [0.3, 0.4) is 0 Å². The molecule has 0 aromatic heterocycles. The number of esters is 1. The van der Waals surface area contributed by atoms with E-state index in [-0.39, 0.29) is 24.9 Å². The number of nitrogens with one attached hydrogen (secondary N) is 1. The van der Waals surface area contributed by atoms with Gasteiger partial charge in [-0.25, -0.2) is 0 Å². The Morgan fingerprint density at radius 1 is 0.483 bits per heavy atom. The molecule has 0 aromatic rings. The number of carbonyl (C=O) groups excluding carboxylic acids is 2. The number of aliphatic hydroxyl groups excluding tert-OH is 2. The second kappa shape index (κ2) is 47.9. The molecule has 0 aliphatic heterocycles. The molecule has 60 heavy (non-hydrogen) atoms. The summed E-state index contributed by atoms with van der Waals surface area (Å²) >= 11 is 0. The largest absolute Gasteiger partial charge is 0.462 e. The Kier molecular flexibility index (Phi) is 46.1. The zero-order valence-corrected chi connectivity index (χ0v) is 39.8. The third-order valence-electron chi connectivity index (χ3n) is 11.6. The standard InChI is InChI=1S/C54H99NO5/c1-4-7-10-13-16-19-22-25-26-29-30-33-36-39-42-45-50(60-54(59)47-44-41-38-35-32-28-24-21-18-15-12-9-6-3)48-53(58)55-51(49-56)52(57)46-43-40-37-34-31-27-23-20-17-14-11-8-5-2/h16,19,25-26,28,30,32-33,50-52,56-57H,4-15,17-18,20-24,27,29,31,34-49H2,1-3H3,(H,55,58)/b19-16-,26-25-,32-28-,33-30-. The van der Waals surface area contributed by atoms with E-state index in [1.807, 2.05) is 0 Å². The summed E-state index contributed by atoms with van der Waals surface area (Å²) in [6, 6.07) is -0.716. The number of carbonyl (C=O) groups is 2. The highest BCUT2D eigenvalue weighted by atomic mass is 16.5. The van der Waals surface area contributed by atoms with Crippen molar-refractivity contribution >= 4 is 11.9 Å². The average Bonchev–Trinajstić information content (AvgIpc) is 3.24. The second-order valence-corrected chi connectivity index (χ2v) is 17.6. The van der Waals surface area contributed by atoms with Gasteiger partial charge in [-0.15, -0.1) is 0 Å². The molecule has 350 valence electrons. The maximum absolute atomic E-state index is 13.2. The van der Waals surface area contributed by atoms with Gasteiger partial charge in [0.05, 0.1) is 25.2 Å². The molecule has 0 aliphatic carbocycles. The third-order valence-corrected chi connectivity index (χ3v) is 11.6. The molecule has 0 spiro atoms. The molecule has 3 N–H and O–H groups in total. The summed E-state index contributed by atoms with van der Waals surface area (Å²) in [6.07, 6.45) is 57.4. The molecule has 0 aliphatic rings. The van der Waals surface area contributed by atoms with E-state index in [9.17, 15) is 19.8 Å². The van der Waals surface area contributed by atoms with E-state index < -0.39 is 18.2 Å². The predicted octanol–water partition coefficient (Wildman–Crippen LogP) is 15.5. The van der Waals surface area contributed by atoms with Crippen LogP contribution >= 0.6 is 0 Å². The van der Waals surface area contributed by atoms with Gasteiger partial charge in [-0.1, -0.05) is 204 Å². The Labute approximate surface area is 372 Å². The van der Waals surface area contributed by atoms with E-state index in [0.29, 0.717) is 19.3 Å². The molecule has 3 atom stereocenters. The Balaban J connectivity index is 4.67. The van der Waals surface area contributed by atoms with E-state index in [2.05, 4.69) is 74.7 Å². The van der Waals surface area contributed by atoms with Crippen molar-refractivity contribution in [1.82, 2.24) is 5.32 Å². The summed E-state index contributed by atoms with van der Waals surface area (Å²) in [6.45, 7) is 6.44. The van der Waals surface area contributed by atoms with Crippen LogP contribution in [0.4, 0.5) is 0 Å². The van der Waals surface area contributed by atoms with Crippen molar-refractivity contribution in [1.29, 1.82) is 0 Å². The summed E-state index contributed by atoms with van der Waals surface area (Å²) < 4.78 is 5.90. The van der Waals surface area contributed by atoms with Crippen LogP contribution < -0.4 is 5.32 Å². The minimum absolute atomic E-state index is 0.0464. The molecular weight excluding hydrogens is 743 g/mol. The Hall–Kier alpha value is -2.18.